The van der Waals surface area contributed by atoms with Crippen LogP contribution in [0.1, 0.15) is 20.7 Å². The molecule has 3 rings (SSSR count). The average Bonchev–Trinajstić information content (AvgIpc) is 2.99. The van der Waals surface area contributed by atoms with Crippen LogP contribution >= 0.6 is 46.4 Å². The Labute approximate surface area is 155 Å². The maximum atomic E-state index is 12.9. The number of fused-ring (bicyclic) bond motifs is 1. The summed E-state index contributed by atoms with van der Waals surface area (Å²) >= 11 is 23.9. The van der Waals surface area contributed by atoms with Crippen LogP contribution in [0.25, 0.3) is 11.0 Å². The molecule has 5 nitrogen and oxygen atoms in total. The third-order valence-corrected chi connectivity index (χ3v) is 5.17. The highest BCUT2D eigenvalue weighted by atomic mass is 35.5. The maximum Gasteiger partial charge on any atom is 0.338 e. The topological polar surface area (TPSA) is 72.2 Å². The Balaban J connectivity index is 2.33. The van der Waals surface area contributed by atoms with Gasteiger partial charge in [-0.1, -0.05) is 58.5 Å². The quantitative estimate of drug-likeness (QED) is 0.480. The average molecular weight is 404 g/mol. The van der Waals surface area contributed by atoms with E-state index in [-0.39, 0.29) is 25.7 Å². The van der Waals surface area contributed by atoms with Crippen LogP contribution in [-0.2, 0) is 0 Å². The molecular formula is C15H6Cl4N2O3. The van der Waals surface area contributed by atoms with Gasteiger partial charge in [0.2, 0.25) is 0 Å². The van der Waals surface area contributed by atoms with E-state index >= 15 is 0 Å². The van der Waals surface area contributed by atoms with Crippen LogP contribution in [0.4, 0.5) is 0 Å². The Morgan fingerprint density at radius 2 is 1.50 bits per heavy atom. The molecule has 122 valence electrons. The lowest BCUT2D eigenvalue weighted by atomic mass is 10.1. The van der Waals surface area contributed by atoms with Crippen molar-refractivity contribution < 1.29 is 14.7 Å². The van der Waals surface area contributed by atoms with Crippen LogP contribution in [-0.4, -0.2) is 26.5 Å². The van der Waals surface area contributed by atoms with Crippen molar-refractivity contribution in [2.45, 2.75) is 0 Å². The zero-order chi connectivity index (χ0) is 17.6. The molecule has 0 radical (unpaired) electrons. The second-order valence-corrected chi connectivity index (χ2v) is 6.23. The molecule has 1 N–H and O–H groups in total. The van der Waals surface area contributed by atoms with Crippen molar-refractivity contribution in [3.05, 3.63) is 61.8 Å². The molecular weight excluding hydrogens is 398 g/mol. The van der Waals surface area contributed by atoms with Gasteiger partial charge in [0, 0.05) is 0 Å². The smallest absolute Gasteiger partial charge is 0.338 e. The number of hydrogen-bond donors (Lipinski definition) is 1. The molecule has 0 bridgehead atoms. The highest BCUT2D eigenvalue weighted by molar-refractivity contribution is 6.54. The number of carbonyl (C=O) groups excluding carboxylic acids is 1. The summed E-state index contributed by atoms with van der Waals surface area (Å²) < 4.78 is 1.17. The molecule has 0 aliphatic heterocycles. The highest BCUT2D eigenvalue weighted by Crippen LogP contribution is 2.42. The number of aromatic carboxylic acids is 1. The summed E-state index contributed by atoms with van der Waals surface area (Å²) in [6.45, 7) is 0. The fourth-order valence-corrected chi connectivity index (χ4v) is 3.29. The van der Waals surface area contributed by atoms with Crippen molar-refractivity contribution in [1.29, 1.82) is 0 Å². The van der Waals surface area contributed by atoms with Gasteiger partial charge in [0.25, 0.3) is 5.91 Å². The van der Waals surface area contributed by atoms with Gasteiger partial charge >= 0.3 is 5.97 Å². The van der Waals surface area contributed by atoms with Gasteiger partial charge in [-0.3, -0.25) is 9.36 Å². The number of imidazole rings is 1. The molecule has 3 aromatic rings. The van der Waals surface area contributed by atoms with Gasteiger partial charge in [0.05, 0.1) is 42.3 Å². The molecule has 1 heterocycles. The molecule has 0 amide bonds. The van der Waals surface area contributed by atoms with Crippen molar-refractivity contribution in [3.8, 4) is 0 Å². The summed E-state index contributed by atoms with van der Waals surface area (Å²) in [7, 11) is 0. The lowest BCUT2D eigenvalue weighted by Crippen LogP contribution is -2.17. The summed E-state index contributed by atoms with van der Waals surface area (Å²) in [6, 6.07) is 6.85. The Morgan fingerprint density at radius 1 is 0.917 bits per heavy atom. The minimum absolute atomic E-state index is 0.193. The van der Waals surface area contributed by atoms with Crippen LogP contribution < -0.4 is 0 Å². The van der Waals surface area contributed by atoms with Crippen molar-refractivity contribution in [2.75, 3.05) is 0 Å². The van der Waals surface area contributed by atoms with Crippen LogP contribution in [0.15, 0.2) is 30.6 Å². The second-order valence-electron chi connectivity index (χ2n) is 4.72. The van der Waals surface area contributed by atoms with Crippen LogP contribution in [0.3, 0.4) is 0 Å². The van der Waals surface area contributed by atoms with Crippen LogP contribution in [0, 0.1) is 0 Å². The van der Waals surface area contributed by atoms with E-state index in [4.69, 9.17) is 46.4 Å². The molecule has 0 unspecified atom stereocenters. The van der Waals surface area contributed by atoms with Gasteiger partial charge in [0.1, 0.15) is 6.33 Å². The number of benzene rings is 2. The number of halogens is 4. The zero-order valence-electron chi connectivity index (χ0n) is 11.6. The number of carboxylic acids is 1. The van der Waals surface area contributed by atoms with Crippen molar-refractivity contribution in [1.82, 2.24) is 9.55 Å². The number of para-hydroxylation sites is 2. The number of rotatable bonds is 2. The van der Waals surface area contributed by atoms with Gasteiger partial charge in [-0.15, -0.1) is 0 Å². The van der Waals surface area contributed by atoms with E-state index in [1.165, 1.54) is 10.9 Å². The molecule has 1 aromatic heterocycles. The fraction of sp³-hybridized carbons (Fsp3) is 0. The van der Waals surface area contributed by atoms with E-state index in [1.54, 1.807) is 24.3 Å². The Morgan fingerprint density at radius 3 is 2.12 bits per heavy atom. The summed E-state index contributed by atoms with van der Waals surface area (Å²) in [6.07, 6.45) is 1.27. The number of hydrogen-bond acceptors (Lipinski definition) is 3. The Hall–Kier alpha value is -1.79. The monoisotopic (exact) mass is 402 g/mol. The van der Waals surface area contributed by atoms with E-state index in [9.17, 15) is 14.7 Å². The standard InChI is InChI=1S/C15H6Cl4N2O3/c16-10-8(9(15(23)24)11(17)13(19)12(10)18)14(22)21-5-20-6-3-1-2-4-7(6)21/h1-5H,(H,23,24). The first-order chi connectivity index (χ1) is 11.3. The minimum Gasteiger partial charge on any atom is -0.478 e. The number of aromatic nitrogens is 2. The largest absolute Gasteiger partial charge is 0.478 e. The zero-order valence-corrected chi connectivity index (χ0v) is 14.6. The Bertz CT molecular complexity index is 1010. The number of carboxylic acid groups (broad SMARTS) is 1. The SMILES string of the molecule is O=C(O)c1c(Cl)c(Cl)c(Cl)c(Cl)c1C(=O)n1cnc2ccccc21. The molecule has 0 saturated carbocycles. The van der Waals surface area contributed by atoms with Gasteiger partial charge in [0.15, 0.2) is 0 Å². The lowest BCUT2D eigenvalue weighted by Gasteiger charge is -2.13. The summed E-state index contributed by atoms with van der Waals surface area (Å²) in [5.41, 5.74) is 0.174. The molecule has 0 spiro atoms. The van der Waals surface area contributed by atoms with Crippen molar-refractivity contribution >= 4 is 69.3 Å². The lowest BCUT2D eigenvalue weighted by molar-refractivity contribution is 0.0691. The second kappa shape index (κ2) is 6.26. The van der Waals surface area contributed by atoms with Crippen molar-refractivity contribution in [2.24, 2.45) is 0 Å². The third kappa shape index (κ3) is 2.54. The van der Waals surface area contributed by atoms with Gasteiger partial charge in [-0.05, 0) is 12.1 Å². The fourth-order valence-electron chi connectivity index (χ4n) is 2.27. The van der Waals surface area contributed by atoms with Gasteiger partial charge in [-0.2, -0.15) is 0 Å². The minimum atomic E-state index is -1.45. The molecule has 0 aliphatic carbocycles. The first kappa shape index (κ1) is 17.0. The van der Waals surface area contributed by atoms with E-state index in [2.05, 4.69) is 4.98 Å². The van der Waals surface area contributed by atoms with E-state index < -0.39 is 17.4 Å². The molecule has 24 heavy (non-hydrogen) atoms. The van der Waals surface area contributed by atoms with E-state index in [0.29, 0.717) is 11.0 Å². The molecule has 9 heteroatoms. The number of nitrogens with zero attached hydrogens (tertiary/aromatic N) is 2. The molecule has 0 atom stereocenters. The summed E-state index contributed by atoms with van der Waals surface area (Å²) in [4.78, 5) is 28.6. The first-order valence-corrected chi connectivity index (χ1v) is 7.91. The summed E-state index contributed by atoms with van der Waals surface area (Å²) in [5.74, 6) is -2.18. The van der Waals surface area contributed by atoms with Crippen LogP contribution in [0.2, 0.25) is 20.1 Å². The van der Waals surface area contributed by atoms with Gasteiger partial charge in [-0.25, -0.2) is 9.78 Å². The molecule has 0 fully saturated rings. The van der Waals surface area contributed by atoms with Crippen LogP contribution in [0.5, 0.6) is 0 Å². The molecule has 2 aromatic carbocycles. The normalized spacial score (nSPS) is 11.0. The van der Waals surface area contributed by atoms with Gasteiger partial charge < -0.3 is 5.11 Å². The number of carbonyl (C=O) groups is 2. The van der Waals surface area contributed by atoms with E-state index in [1.807, 2.05) is 0 Å². The predicted octanol–water partition coefficient (Wildman–Crippen LogP) is 5.04. The maximum absolute atomic E-state index is 12.9. The predicted molar refractivity (Wildman–Crippen MR) is 92.9 cm³/mol. The first-order valence-electron chi connectivity index (χ1n) is 6.40. The molecule has 0 saturated heterocycles. The van der Waals surface area contributed by atoms with Crippen molar-refractivity contribution in [3.63, 3.8) is 0 Å². The molecule has 0 aliphatic rings. The Kier molecular flexibility index (Phi) is 4.44. The van der Waals surface area contributed by atoms with E-state index in [0.717, 1.165) is 0 Å². The highest BCUT2D eigenvalue weighted by Gasteiger charge is 2.30. The third-order valence-electron chi connectivity index (χ3n) is 3.37. The summed E-state index contributed by atoms with van der Waals surface area (Å²) in [5, 5.41) is 8.36.